The number of thiazole rings is 1. The van der Waals surface area contributed by atoms with Crippen LogP contribution >= 0.6 is 22.9 Å². The molecule has 6 nitrogen and oxygen atoms in total. The summed E-state index contributed by atoms with van der Waals surface area (Å²) in [4.78, 5) is 27.4. The van der Waals surface area contributed by atoms with Crippen LogP contribution in [0.25, 0.3) is 11.3 Å². The molecule has 2 amide bonds. The van der Waals surface area contributed by atoms with Crippen molar-refractivity contribution in [1.29, 1.82) is 0 Å². The standard InChI is InChI=1S/C14H13ClN4O2S/c1-8(2)18-19-13(21)12(20)17-14-16-11(7-22-14)9-3-5-10(15)6-4-9/h3-7H,1-2H3,(H,19,21)(H,16,17,20). The van der Waals surface area contributed by atoms with Crippen molar-refractivity contribution in [2.45, 2.75) is 13.8 Å². The molecule has 0 bridgehead atoms. The van der Waals surface area contributed by atoms with Gasteiger partial charge in [-0.15, -0.1) is 11.3 Å². The SMILES string of the molecule is CC(C)=NNC(=O)C(=O)Nc1nc(-c2ccc(Cl)cc2)cs1. The molecule has 2 N–H and O–H groups in total. The van der Waals surface area contributed by atoms with Crippen molar-refractivity contribution in [3.63, 3.8) is 0 Å². The summed E-state index contributed by atoms with van der Waals surface area (Å²) >= 11 is 7.06. The molecule has 2 rings (SSSR count). The third kappa shape index (κ3) is 4.37. The first-order valence-electron chi connectivity index (χ1n) is 6.29. The lowest BCUT2D eigenvalue weighted by Crippen LogP contribution is -2.32. The lowest BCUT2D eigenvalue weighted by atomic mass is 10.2. The quantitative estimate of drug-likeness (QED) is 0.513. The molecular formula is C14H13ClN4O2S. The summed E-state index contributed by atoms with van der Waals surface area (Å²) in [5.41, 5.74) is 4.35. The minimum atomic E-state index is -0.843. The van der Waals surface area contributed by atoms with Crippen LogP contribution in [0.2, 0.25) is 5.02 Å². The molecule has 0 aliphatic carbocycles. The number of hydrogen-bond acceptors (Lipinski definition) is 5. The average molecular weight is 337 g/mol. The monoisotopic (exact) mass is 336 g/mol. The molecule has 0 saturated carbocycles. The molecule has 0 fully saturated rings. The van der Waals surface area contributed by atoms with E-state index < -0.39 is 11.8 Å². The Morgan fingerprint density at radius 2 is 1.86 bits per heavy atom. The summed E-state index contributed by atoms with van der Waals surface area (Å²) < 4.78 is 0. The highest BCUT2D eigenvalue weighted by atomic mass is 35.5. The molecule has 1 heterocycles. The molecule has 22 heavy (non-hydrogen) atoms. The van der Waals surface area contributed by atoms with E-state index in [9.17, 15) is 9.59 Å². The van der Waals surface area contributed by atoms with Crippen LogP contribution in [0.1, 0.15) is 13.8 Å². The van der Waals surface area contributed by atoms with Gasteiger partial charge in [-0.25, -0.2) is 10.4 Å². The normalized spacial score (nSPS) is 9.95. The third-order valence-electron chi connectivity index (χ3n) is 2.45. The minimum Gasteiger partial charge on any atom is -0.294 e. The predicted octanol–water partition coefficient (Wildman–Crippen LogP) is 2.91. The van der Waals surface area contributed by atoms with Crippen molar-refractivity contribution in [3.8, 4) is 11.3 Å². The second kappa shape index (κ2) is 7.15. The molecule has 114 valence electrons. The maximum atomic E-state index is 11.7. The fourth-order valence-corrected chi connectivity index (χ4v) is 2.29. The molecule has 0 aliphatic heterocycles. The van der Waals surface area contributed by atoms with Crippen LogP contribution in [0.3, 0.4) is 0 Å². The Bertz CT molecular complexity index is 721. The molecule has 1 aromatic heterocycles. The smallest absolute Gasteiger partial charge is 0.294 e. The lowest BCUT2D eigenvalue weighted by molar-refractivity contribution is -0.136. The van der Waals surface area contributed by atoms with Crippen LogP contribution in [0.4, 0.5) is 5.13 Å². The Morgan fingerprint density at radius 3 is 2.50 bits per heavy atom. The van der Waals surface area contributed by atoms with E-state index >= 15 is 0 Å². The number of nitrogens with zero attached hydrogens (tertiary/aromatic N) is 2. The minimum absolute atomic E-state index is 0.335. The molecule has 0 radical (unpaired) electrons. The number of aromatic nitrogens is 1. The van der Waals surface area contributed by atoms with Crippen molar-refractivity contribution in [2.75, 3.05) is 5.32 Å². The summed E-state index contributed by atoms with van der Waals surface area (Å²) in [7, 11) is 0. The highest BCUT2D eigenvalue weighted by Crippen LogP contribution is 2.25. The topological polar surface area (TPSA) is 83.5 Å². The van der Waals surface area contributed by atoms with E-state index in [1.807, 2.05) is 12.1 Å². The predicted molar refractivity (Wildman–Crippen MR) is 88.1 cm³/mol. The van der Waals surface area contributed by atoms with Gasteiger partial charge in [0.25, 0.3) is 0 Å². The molecule has 0 aliphatic rings. The number of halogens is 1. The van der Waals surface area contributed by atoms with Crippen LogP contribution in [0.5, 0.6) is 0 Å². The molecule has 0 unspecified atom stereocenters. The van der Waals surface area contributed by atoms with E-state index in [4.69, 9.17) is 11.6 Å². The van der Waals surface area contributed by atoms with Gasteiger partial charge in [0.15, 0.2) is 5.13 Å². The molecule has 0 spiro atoms. The number of rotatable bonds is 3. The molecule has 0 atom stereocenters. The van der Waals surface area contributed by atoms with Gasteiger partial charge in [0.1, 0.15) is 0 Å². The number of hydrazone groups is 1. The molecule has 8 heteroatoms. The summed E-state index contributed by atoms with van der Waals surface area (Å²) in [6, 6.07) is 7.17. The van der Waals surface area contributed by atoms with Gasteiger partial charge < -0.3 is 0 Å². The van der Waals surface area contributed by atoms with Gasteiger partial charge in [0, 0.05) is 21.7 Å². The number of carbonyl (C=O) groups excluding carboxylic acids is 2. The largest absolute Gasteiger partial charge is 0.329 e. The van der Waals surface area contributed by atoms with Gasteiger partial charge in [-0.1, -0.05) is 23.7 Å². The highest BCUT2D eigenvalue weighted by Gasteiger charge is 2.15. The highest BCUT2D eigenvalue weighted by molar-refractivity contribution is 7.14. The Kier molecular flexibility index (Phi) is 5.24. The van der Waals surface area contributed by atoms with E-state index in [0.29, 0.717) is 21.6 Å². The first-order valence-corrected chi connectivity index (χ1v) is 7.55. The number of anilines is 1. The average Bonchev–Trinajstić information content (AvgIpc) is 2.93. The van der Waals surface area contributed by atoms with Crippen LogP contribution in [0, 0.1) is 0 Å². The second-order valence-corrected chi connectivity index (χ2v) is 5.79. The van der Waals surface area contributed by atoms with E-state index in [1.54, 1.807) is 31.4 Å². The Hall–Kier alpha value is -2.25. The fraction of sp³-hybridized carbons (Fsp3) is 0.143. The Morgan fingerprint density at radius 1 is 1.18 bits per heavy atom. The number of carbonyl (C=O) groups is 2. The first-order chi connectivity index (χ1) is 10.5. The van der Waals surface area contributed by atoms with E-state index in [1.165, 1.54) is 11.3 Å². The van der Waals surface area contributed by atoms with E-state index in [0.717, 1.165) is 5.56 Å². The van der Waals surface area contributed by atoms with Crippen molar-refractivity contribution in [3.05, 3.63) is 34.7 Å². The lowest BCUT2D eigenvalue weighted by Gasteiger charge is -2.00. The van der Waals surface area contributed by atoms with Gasteiger partial charge in [0.2, 0.25) is 0 Å². The maximum absolute atomic E-state index is 11.7. The maximum Gasteiger partial charge on any atom is 0.329 e. The number of nitrogens with one attached hydrogen (secondary N) is 2. The van der Waals surface area contributed by atoms with Crippen molar-refractivity contribution in [1.82, 2.24) is 10.4 Å². The third-order valence-corrected chi connectivity index (χ3v) is 3.46. The summed E-state index contributed by atoms with van der Waals surface area (Å²) in [6.07, 6.45) is 0. The zero-order chi connectivity index (χ0) is 16.1. The van der Waals surface area contributed by atoms with E-state index in [-0.39, 0.29) is 0 Å². The molecule has 1 aromatic carbocycles. The Labute approximate surface area is 136 Å². The van der Waals surface area contributed by atoms with Gasteiger partial charge in [-0.2, -0.15) is 5.10 Å². The summed E-state index contributed by atoms with van der Waals surface area (Å²) in [5, 5.41) is 8.86. The number of hydrogen-bond donors (Lipinski definition) is 2. The van der Waals surface area contributed by atoms with Gasteiger partial charge in [-0.05, 0) is 26.0 Å². The van der Waals surface area contributed by atoms with Crippen molar-refractivity contribution < 1.29 is 9.59 Å². The van der Waals surface area contributed by atoms with Crippen LogP contribution in [0.15, 0.2) is 34.7 Å². The number of benzene rings is 1. The van der Waals surface area contributed by atoms with Crippen molar-refractivity contribution in [2.24, 2.45) is 5.10 Å². The second-order valence-electron chi connectivity index (χ2n) is 4.50. The Balaban J connectivity index is 2.03. The first kappa shape index (κ1) is 16.1. The number of amides is 2. The zero-order valence-corrected chi connectivity index (χ0v) is 13.5. The van der Waals surface area contributed by atoms with Gasteiger partial charge in [-0.3, -0.25) is 14.9 Å². The molecule has 2 aromatic rings. The van der Waals surface area contributed by atoms with Gasteiger partial charge >= 0.3 is 11.8 Å². The molecular weight excluding hydrogens is 324 g/mol. The fourth-order valence-electron chi connectivity index (χ4n) is 1.45. The van der Waals surface area contributed by atoms with Crippen molar-refractivity contribution >= 4 is 45.6 Å². The van der Waals surface area contributed by atoms with Crippen LogP contribution in [-0.2, 0) is 9.59 Å². The zero-order valence-electron chi connectivity index (χ0n) is 11.9. The summed E-state index contributed by atoms with van der Waals surface area (Å²) in [5.74, 6) is -1.66. The van der Waals surface area contributed by atoms with Crippen LogP contribution < -0.4 is 10.7 Å². The van der Waals surface area contributed by atoms with E-state index in [2.05, 4.69) is 20.8 Å². The summed E-state index contributed by atoms with van der Waals surface area (Å²) in [6.45, 7) is 3.41. The molecule has 0 saturated heterocycles. The van der Waals surface area contributed by atoms with Crippen LogP contribution in [-0.4, -0.2) is 22.5 Å². The van der Waals surface area contributed by atoms with Gasteiger partial charge in [0.05, 0.1) is 5.69 Å².